The molecule has 0 spiro atoms. The van der Waals surface area contributed by atoms with Crippen molar-refractivity contribution < 1.29 is 19.3 Å². The Bertz CT molecular complexity index is 1140. The average molecular weight is 632 g/mol. The number of aliphatic hydroxyl groups excluding tert-OH is 1. The van der Waals surface area contributed by atoms with Crippen molar-refractivity contribution in [3.63, 3.8) is 0 Å². The Morgan fingerprint density at radius 2 is 1.89 bits per heavy atom. The van der Waals surface area contributed by atoms with E-state index in [0.29, 0.717) is 47.7 Å². The van der Waals surface area contributed by atoms with E-state index in [0.717, 1.165) is 17.4 Å². The zero-order valence-corrected chi connectivity index (χ0v) is 22.4. The largest absolute Gasteiger partial charge is 0.491 e. The van der Waals surface area contributed by atoms with Gasteiger partial charge < -0.3 is 19.8 Å². The number of anilines is 1. The van der Waals surface area contributed by atoms with Crippen molar-refractivity contribution in [1.82, 2.24) is 9.88 Å². The molecule has 2 heterocycles. The Labute approximate surface area is 227 Å². The monoisotopic (exact) mass is 631 g/mol. The highest BCUT2D eigenvalue weighted by atomic mass is 127. The van der Waals surface area contributed by atoms with Crippen molar-refractivity contribution in [3.05, 3.63) is 87.9 Å². The van der Waals surface area contributed by atoms with Gasteiger partial charge in [-0.25, -0.2) is 4.39 Å². The zero-order valence-electron chi connectivity index (χ0n) is 18.7. The Morgan fingerprint density at radius 1 is 1.11 bits per heavy atom. The fourth-order valence-electron chi connectivity index (χ4n) is 4.20. The lowest BCUT2D eigenvalue weighted by Gasteiger charge is -2.44. The standard InChI is InChI=1S/C25H25Cl2FIN3O3/c26-18-3-1-17(2-4-18)23-15-31(16-25(29,34)24-8-5-19(28)14-30-24)9-10-32(23)22-7-6-20(13-21(22)27)35-12-11-33/h1-8,13-14,23,33-34H,9-12,15-16H2/t23-,25+/m0/s1. The average Bonchev–Trinajstić information content (AvgIpc) is 2.83. The van der Waals surface area contributed by atoms with Gasteiger partial charge in [-0.05, 0) is 64.6 Å². The number of hydrogen-bond acceptors (Lipinski definition) is 6. The number of aromatic nitrogens is 1. The topological polar surface area (TPSA) is 69.1 Å². The first-order valence-corrected chi connectivity index (χ1v) is 12.9. The third-order valence-electron chi connectivity index (χ3n) is 5.86. The number of piperazine rings is 1. The van der Waals surface area contributed by atoms with Crippen LogP contribution in [0.25, 0.3) is 0 Å². The summed E-state index contributed by atoms with van der Waals surface area (Å²) in [6.45, 7) is 2.41. The molecule has 2 atom stereocenters. The molecule has 1 aromatic heterocycles. The van der Waals surface area contributed by atoms with Gasteiger partial charge >= 0.3 is 0 Å². The minimum atomic E-state index is -1.28. The van der Waals surface area contributed by atoms with Gasteiger partial charge in [0.25, 0.3) is 0 Å². The van der Waals surface area contributed by atoms with Crippen LogP contribution < -0.4 is 9.64 Å². The smallest absolute Gasteiger partial charge is 0.170 e. The van der Waals surface area contributed by atoms with Crippen LogP contribution in [0.15, 0.2) is 60.8 Å². The van der Waals surface area contributed by atoms with Crippen molar-refractivity contribution >= 4 is 51.5 Å². The molecule has 6 nitrogen and oxygen atoms in total. The van der Waals surface area contributed by atoms with E-state index in [4.69, 9.17) is 33.0 Å². The summed E-state index contributed by atoms with van der Waals surface area (Å²) in [7, 11) is 0. The summed E-state index contributed by atoms with van der Waals surface area (Å²) in [5, 5.41) is 21.3. The Hall–Kier alpha value is -1.69. The first-order valence-electron chi connectivity index (χ1n) is 11.1. The number of pyridine rings is 1. The fraction of sp³-hybridized carbons (Fsp3) is 0.320. The molecular weight excluding hydrogens is 607 g/mol. The van der Waals surface area contributed by atoms with Crippen LogP contribution in [0.5, 0.6) is 5.75 Å². The Kier molecular flexibility index (Phi) is 8.72. The molecule has 35 heavy (non-hydrogen) atoms. The maximum atomic E-state index is 13.3. The van der Waals surface area contributed by atoms with Crippen molar-refractivity contribution in [2.24, 2.45) is 0 Å². The maximum Gasteiger partial charge on any atom is 0.170 e. The number of alkyl halides is 1. The zero-order chi connectivity index (χ0) is 25.0. The predicted molar refractivity (Wildman–Crippen MR) is 144 cm³/mol. The molecular formula is C25H25Cl2FIN3O3. The molecule has 4 rings (SSSR count). The summed E-state index contributed by atoms with van der Waals surface area (Å²) < 4.78 is 17.5. The molecule has 0 radical (unpaired) electrons. The van der Waals surface area contributed by atoms with Crippen molar-refractivity contribution in [2.45, 2.75) is 9.65 Å². The second-order valence-corrected chi connectivity index (χ2v) is 10.9. The Balaban J connectivity index is 1.58. The number of ether oxygens (including phenoxy) is 1. The van der Waals surface area contributed by atoms with Gasteiger partial charge in [-0.1, -0.05) is 35.3 Å². The van der Waals surface area contributed by atoms with E-state index in [9.17, 15) is 9.50 Å². The lowest BCUT2D eigenvalue weighted by Crippen LogP contribution is -2.51. The van der Waals surface area contributed by atoms with Gasteiger partial charge in [-0.3, -0.25) is 9.88 Å². The SMILES string of the molecule is OCCOc1ccc(N2CCN(C[C@](O)(I)c3ccc(F)cn3)C[C@H]2c2ccc(Cl)cc2)c(Cl)c1. The molecule has 0 saturated carbocycles. The molecule has 186 valence electrons. The number of benzene rings is 2. The van der Waals surface area contributed by atoms with Crippen LogP contribution in [0.2, 0.25) is 10.0 Å². The van der Waals surface area contributed by atoms with E-state index in [-0.39, 0.29) is 19.3 Å². The highest BCUT2D eigenvalue weighted by Gasteiger charge is 2.35. The normalized spacial score (nSPS) is 18.3. The minimum absolute atomic E-state index is 0.0592. The lowest BCUT2D eigenvalue weighted by atomic mass is 10.0. The van der Waals surface area contributed by atoms with Crippen LogP contribution in [0.4, 0.5) is 10.1 Å². The molecule has 10 heteroatoms. The summed E-state index contributed by atoms with van der Waals surface area (Å²) in [6, 6.07) is 16.0. The second-order valence-electron chi connectivity index (χ2n) is 8.30. The van der Waals surface area contributed by atoms with Gasteiger partial charge in [0.05, 0.1) is 35.2 Å². The number of hydrogen-bond donors (Lipinski definition) is 2. The summed E-state index contributed by atoms with van der Waals surface area (Å²) in [5.74, 6) is 0.151. The number of β-amino-alcohol motifs (C(OH)–C–C–N with tert-alkyl or cyclic N) is 1. The summed E-state index contributed by atoms with van der Waals surface area (Å²) in [4.78, 5) is 8.48. The summed E-state index contributed by atoms with van der Waals surface area (Å²) in [6.07, 6.45) is 1.11. The summed E-state index contributed by atoms with van der Waals surface area (Å²) in [5.41, 5.74) is 2.34. The molecule has 1 fully saturated rings. The number of nitrogens with zero attached hydrogens (tertiary/aromatic N) is 3. The van der Waals surface area contributed by atoms with Crippen LogP contribution >= 0.6 is 45.8 Å². The van der Waals surface area contributed by atoms with Gasteiger partial charge in [0, 0.05) is 37.3 Å². The molecule has 0 aliphatic carbocycles. The highest BCUT2D eigenvalue weighted by molar-refractivity contribution is 14.1. The molecule has 2 N–H and O–H groups in total. The fourth-order valence-corrected chi connectivity index (χ4v) is 5.40. The van der Waals surface area contributed by atoms with Crippen LogP contribution in [0.1, 0.15) is 17.3 Å². The molecule has 1 aliphatic rings. The third-order valence-corrected chi connectivity index (χ3v) is 7.31. The lowest BCUT2D eigenvalue weighted by molar-refractivity contribution is 0.0827. The molecule has 0 unspecified atom stereocenters. The maximum absolute atomic E-state index is 13.3. The molecule has 0 amide bonds. The van der Waals surface area contributed by atoms with Gasteiger partial charge in [0.15, 0.2) is 3.61 Å². The number of aliphatic hydroxyl groups is 2. The summed E-state index contributed by atoms with van der Waals surface area (Å²) >= 11 is 14.8. The second kappa shape index (κ2) is 11.6. The van der Waals surface area contributed by atoms with Crippen molar-refractivity contribution in [3.8, 4) is 5.75 Å². The molecule has 1 aliphatic heterocycles. The van der Waals surface area contributed by atoms with Gasteiger partial charge in [-0.15, -0.1) is 0 Å². The molecule has 0 bridgehead atoms. The van der Waals surface area contributed by atoms with E-state index in [1.54, 1.807) is 6.07 Å². The van der Waals surface area contributed by atoms with Crippen molar-refractivity contribution in [1.29, 1.82) is 0 Å². The van der Waals surface area contributed by atoms with E-state index in [2.05, 4.69) is 14.8 Å². The van der Waals surface area contributed by atoms with Crippen molar-refractivity contribution in [2.75, 3.05) is 44.3 Å². The molecule has 3 aromatic rings. The predicted octanol–water partition coefficient (Wildman–Crippen LogP) is 5.04. The third kappa shape index (κ3) is 6.55. The van der Waals surface area contributed by atoms with E-state index in [1.807, 2.05) is 59.0 Å². The molecule has 1 saturated heterocycles. The van der Waals surface area contributed by atoms with E-state index in [1.165, 1.54) is 12.1 Å². The van der Waals surface area contributed by atoms with Gasteiger partial charge in [0.2, 0.25) is 0 Å². The van der Waals surface area contributed by atoms with Crippen LogP contribution in [-0.4, -0.2) is 59.5 Å². The minimum Gasteiger partial charge on any atom is -0.491 e. The molecule has 2 aromatic carbocycles. The van der Waals surface area contributed by atoms with Gasteiger partial charge in [-0.2, -0.15) is 0 Å². The number of rotatable bonds is 8. The van der Waals surface area contributed by atoms with Crippen LogP contribution in [-0.2, 0) is 3.61 Å². The quantitative estimate of drug-likeness (QED) is 0.268. The van der Waals surface area contributed by atoms with Crippen LogP contribution in [0, 0.1) is 5.82 Å². The first-order chi connectivity index (χ1) is 16.8. The van der Waals surface area contributed by atoms with E-state index >= 15 is 0 Å². The van der Waals surface area contributed by atoms with Crippen LogP contribution in [0.3, 0.4) is 0 Å². The number of halogens is 4. The highest BCUT2D eigenvalue weighted by Crippen LogP contribution is 2.38. The van der Waals surface area contributed by atoms with Gasteiger partial charge in [0.1, 0.15) is 18.2 Å². The van der Waals surface area contributed by atoms with E-state index < -0.39 is 9.43 Å². The Morgan fingerprint density at radius 3 is 2.54 bits per heavy atom. The first kappa shape index (κ1) is 26.4.